The second-order valence-corrected chi connectivity index (χ2v) is 10.7. The molecule has 0 saturated carbocycles. The van der Waals surface area contributed by atoms with Gasteiger partial charge in [0.2, 0.25) is 11.8 Å². The monoisotopic (exact) mass is 546 g/mol. The van der Waals surface area contributed by atoms with E-state index in [9.17, 15) is 14.4 Å². The topological polar surface area (TPSA) is 105 Å². The summed E-state index contributed by atoms with van der Waals surface area (Å²) in [5, 5.41) is 4.74. The molecule has 4 aliphatic rings. The third-order valence-corrected chi connectivity index (χ3v) is 8.74. The third kappa shape index (κ3) is 3.18. The van der Waals surface area contributed by atoms with Crippen LogP contribution < -0.4 is 16.1 Å². The zero-order chi connectivity index (χ0) is 27.6. The molecule has 196 valence electrons. The van der Waals surface area contributed by atoms with Gasteiger partial charge in [0, 0.05) is 17.8 Å². The largest absolute Gasteiger partial charge is 0.398 e. The van der Waals surface area contributed by atoms with Gasteiger partial charge in [-0.25, -0.2) is 10.3 Å². The number of nitrogen functional groups attached to an aromatic ring is 1. The van der Waals surface area contributed by atoms with Crippen molar-refractivity contribution in [1.29, 1.82) is 0 Å². The Bertz CT molecular complexity index is 1720. The summed E-state index contributed by atoms with van der Waals surface area (Å²) >= 11 is 6.49. The van der Waals surface area contributed by atoms with Gasteiger partial charge in [0.15, 0.2) is 0 Å². The molecule has 1 saturated heterocycles. The number of hydrogen-bond acceptors (Lipinski definition) is 5. The van der Waals surface area contributed by atoms with Gasteiger partial charge in [-0.05, 0) is 46.5 Å². The van der Waals surface area contributed by atoms with Crippen LogP contribution >= 0.6 is 11.6 Å². The van der Waals surface area contributed by atoms with Gasteiger partial charge in [-0.15, -0.1) is 0 Å². The van der Waals surface area contributed by atoms with Crippen LogP contribution in [0.5, 0.6) is 0 Å². The fourth-order valence-electron chi connectivity index (χ4n) is 6.88. The number of nitrogens with zero attached hydrogens (tertiary/aromatic N) is 2. The van der Waals surface area contributed by atoms with E-state index < -0.39 is 23.2 Å². The number of amides is 3. The van der Waals surface area contributed by atoms with Crippen molar-refractivity contribution < 1.29 is 14.4 Å². The number of benzene rings is 4. The van der Waals surface area contributed by atoms with Crippen molar-refractivity contribution >= 4 is 46.9 Å². The number of hydrogen-bond donors (Lipinski definition) is 2. The molecule has 3 amide bonds. The molecule has 0 spiro atoms. The fourth-order valence-corrected chi connectivity index (χ4v) is 7.10. The Balaban J connectivity index is 1.42. The lowest BCUT2D eigenvalue weighted by atomic mass is 9.47. The number of para-hydroxylation sites is 2. The Morgan fingerprint density at radius 2 is 1.45 bits per heavy atom. The quantitative estimate of drug-likeness (QED) is 0.164. The zero-order valence-corrected chi connectivity index (χ0v) is 21.9. The van der Waals surface area contributed by atoms with Gasteiger partial charge in [-0.1, -0.05) is 84.4 Å². The van der Waals surface area contributed by atoms with Gasteiger partial charge in [0.05, 0.1) is 33.5 Å². The van der Waals surface area contributed by atoms with E-state index in [-0.39, 0.29) is 17.7 Å². The Kier molecular flexibility index (Phi) is 5.40. The minimum absolute atomic E-state index is 0.292. The number of nitrogens with one attached hydrogen (secondary N) is 1. The van der Waals surface area contributed by atoms with E-state index in [2.05, 4.69) is 10.5 Å². The highest BCUT2D eigenvalue weighted by Crippen LogP contribution is 2.63. The summed E-state index contributed by atoms with van der Waals surface area (Å²) in [6, 6.07) is 29.3. The first-order valence-electron chi connectivity index (χ1n) is 13.0. The lowest BCUT2D eigenvalue weighted by molar-refractivity contribution is -0.122. The smallest absolute Gasteiger partial charge is 0.273 e. The first-order valence-corrected chi connectivity index (χ1v) is 13.3. The Morgan fingerprint density at radius 1 is 0.850 bits per heavy atom. The van der Waals surface area contributed by atoms with E-state index in [1.165, 1.54) is 4.90 Å². The molecule has 3 N–H and O–H groups in total. The minimum Gasteiger partial charge on any atom is -0.398 e. The van der Waals surface area contributed by atoms with Crippen molar-refractivity contribution in [3.63, 3.8) is 0 Å². The number of hydrazone groups is 1. The summed E-state index contributed by atoms with van der Waals surface area (Å²) in [6.45, 7) is 0. The van der Waals surface area contributed by atoms with Crippen LogP contribution in [-0.2, 0) is 15.0 Å². The third-order valence-electron chi connectivity index (χ3n) is 8.42. The van der Waals surface area contributed by atoms with E-state index in [1.807, 2.05) is 48.5 Å². The molecule has 4 aromatic rings. The Hall–Kier alpha value is -4.75. The van der Waals surface area contributed by atoms with Crippen LogP contribution in [0, 0.1) is 11.8 Å². The van der Waals surface area contributed by atoms with E-state index in [0.29, 0.717) is 22.0 Å². The summed E-state index contributed by atoms with van der Waals surface area (Å²) in [7, 11) is 0. The first kappa shape index (κ1) is 24.3. The predicted octanol–water partition coefficient (Wildman–Crippen LogP) is 4.89. The molecular formula is C32H23ClN4O3. The Labute approximate surface area is 235 Å². The van der Waals surface area contributed by atoms with Crippen molar-refractivity contribution in [3.8, 4) is 0 Å². The van der Waals surface area contributed by atoms with Gasteiger partial charge in [0.1, 0.15) is 0 Å². The summed E-state index contributed by atoms with van der Waals surface area (Å²) < 4.78 is 0. The highest BCUT2D eigenvalue weighted by atomic mass is 35.5. The van der Waals surface area contributed by atoms with Gasteiger partial charge < -0.3 is 5.73 Å². The molecule has 3 aliphatic carbocycles. The average molecular weight is 547 g/mol. The van der Waals surface area contributed by atoms with Crippen molar-refractivity contribution in [3.05, 3.63) is 130 Å². The number of rotatable bonds is 4. The lowest BCUT2D eigenvalue weighted by Gasteiger charge is -2.52. The highest BCUT2D eigenvalue weighted by Gasteiger charge is 2.68. The molecule has 2 atom stereocenters. The maximum Gasteiger partial charge on any atom is 0.273 e. The van der Waals surface area contributed by atoms with Gasteiger partial charge in [0.25, 0.3) is 5.91 Å². The number of carbonyl (C=O) groups excluding carboxylic acids is 3. The molecule has 1 aliphatic heterocycles. The maximum absolute atomic E-state index is 14.4. The number of imide groups is 1. The van der Waals surface area contributed by atoms with Gasteiger partial charge >= 0.3 is 0 Å². The second kappa shape index (κ2) is 8.89. The summed E-state index contributed by atoms with van der Waals surface area (Å²) in [5.41, 5.74) is 12.2. The molecule has 8 rings (SSSR count). The van der Waals surface area contributed by atoms with E-state index in [4.69, 9.17) is 17.3 Å². The number of halogens is 1. The molecule has 0 aromatic heterocycles. The first-order chi connectivity index (χ1) is 19.4. The SMILES string of the molecule is Nc1ccccc1C(=O)N/N=C\C12c3ccccc3C(c3ccccc31)[C@@H]1C(=O)N(c3ccccc3Cl)C(=O)[C@H]12. The van der Waals surface area contributed by atoms with E-state index >= 15 is 0 Å². The molecule has 4 aromatic carbocycles. The zero-order valence-electron chi connectivity index (χ0n) is 21.1. The normalized spacial score (nSPS) is 24.1. The maximum atomic E-state index is 14.4. The van der Waals surface area contributed by atoms with Crippen LogP contribution in [0.2, 0.25) is 5.02 Å². The van der Waals surface area contributed by atoms with Crippen molar-refractivity contribution in [2.75, 3.05) is 10.6 Å². The molecular weight excluding hydrogens is 524 g/mol. The number of carbonyl (C=O) groups is 3. The standard InChI is InChI=1S/C32H23ClN4O3/c33-23-14-6-8-16-25(23)37-30(39)27-26-18-9-1-4-12-21(18)32(28(27)31(37)40,22-13-5-2-10-19(22)26)17-35-36-29(38)20-11-3-7-15-24(20)34/h1-17,26-28H,34H2,(H,36,38)/b35-17-/t26?,27-,28-,32?/m0/s1. The summed E-state index contributed by atoms with van der Waals surface area (Å²) in [4.78, 5) is 42.7. The van der Waals surface area contributed by atoms with Crippen molar-refractivity contribution in [1.82, 2.24) is 5.43 Å². The molecule has 2 bridgehead atoms. The minimum atomic E-state index is -1.11. The van der Waals surface area contributed by atoms with Crippen LogP contribution in [0.3, 0.4) is 0 Å². The van der Waals surface area contributed by atoms with Crippen molar-refractivity contribution in [2.45, 2.75) is 11.3 Å². The second-order valence-electron chi connectivity index (χ2n) is 10.3. The molecule has 1 heterocycles. The molecule has 1 fully saturated rings. The summed E-state index contributed by atoms with van der Waals surface area (Å²) in [5.74, 6) is -2.87. The van der Waals surface area contributed by atoms with E-state index in [0.717, 1.165) is 22.3 Å². The highest BCUT2D eigenvalue weighted by molar-refractivity contribution is 6.36. The average Bonchev–Trinajstić information content (AvgIpc) is 3.24. The number of anilines is 2. The van der Waals surface area contributed by atoms with Crippen LogP contribution in [0.4, 0.5) is 11.4 Å². The number of nitrogens with two attached hydrogens (primary N) is 1. The summed E-state index contributed by atoms with van der Waals surface area (Å²) in [6.07, 6.45) is 1.62. The Morgan fingerprint density at radius 3 is 2.12 bits per heavy atom. The molecule has 7 nitrogen and oxygen atoms in total. The van der Waals surface area contributed by atoms with Crippen LogP contribution in [-0.4, -0.2) is 23.9 Å². The molecule has 0 radical (unpaired) electrons. The van der Waals surface area contributed by atoms with Gasteiger partial charge in [-0.2, -0.15) is 5.10 Å². The molecule has 40 heavy (non-hydrogen) atoms. The van der Waals surface area contributed by atoms with Crippen LogP contribution in [0.1, 0.15) is 38.5 Å². The van der Waals surface area contributed by atoms with Crippen LogP contribution in [0.15, 0.2) is 102 Å². The van der Waals surface area contributed by atoms with Crippen molar-refractivity contribution in [2.24, 2.45) is 16.9 Å². The van der Waals surface area contributed by atoms with Crippen LogP contribution in [0.25, 0.3) is 0 Å². The van der Waals surface area contributed by atoms with Gasteiger partial charge in [-0.3, -0.25) is 14.4 Å². The molecule has 0 unspecified atom stereocenters. The fraction of sp³-hybridized carbons (Fsp3) is 0.125. The molecule has 8 heteroatoms. The van der Waals surface area contributed by atoms with E-state index in [1.54, 1.807) is 54.7 Å². The lowest BCUT2D eigenvalue weighted by Crippen LogP contribution is -2.54. The predicted molar refractivity (Wildman–Crippen MR) is 153 cm³/mol.